The first-order chi connectivity index (χ1) is 14.2. The van der Waals surface area contributed by atoms with E-state index in [1.807, 2.05) is 42.3 Å². The molecule has 7 heteroatoms. The van der Waals surface area contributed by atoms with E-state index < -0.39 is 0 Å². The number of thiazole rings is 1. The molecule has 1 N–H and O–H groups in total. The van der Waals surface area contributed by atoms with Gasteiger partial charge in [-0.25, -0.2) is 4.98 Å². The van der Waals surface area contributed by atoms with Crippen LogP contribution in [-0.2, 0) is 17.8 Å². The molecule has 0 bridgehead atoms. The first-order valence-electron chi connectivity index (χ1n) is 9.73. The van der Waals surface area contributed by atoms with Gasteiger partial charge in [-0.1, -0.05) is 18.2 Å². The van der Waals surface area contributed by atoms with Gasteiger partial charge in [-0.2, -0.15) is 11.8 Å². The van der Waals surface area contributed by atoms with Crippen LogP contribution in [0.5, 0.6) is 0 Å². The van der Waals surface area contributed by atoms with Crippen LogP contribution in [0.4, 0.5) is 5.69 Å². The number of nitrogens with one attached hydrogen (secondary N) is 1. The van der Waals surface area contributed by atoms with Crippen molar-refractivity contribution in [2.45, 2.75) is 19.9 Å². The second-order valence-electron chi connectivity index (χ2n) is 7.12. The molecule has 1 amide bonds. The molecule has 0 saturated carbocycles. The van der Waals surface area contributed by atoms with Crippen molar-refractivity contribution in [1.29, 1.82) is 0 Å². The quantitative estimate of drug-likeness (QED) is 0.641. The molecule has 1 aliphatic rings. The van der Waals surface area contributed by atoms with E-state index in [1.165, 1.54) is 28.4 Å². The van der Waals surface area contributed by atoms with Crippen LogP contribution in [0.15, 0.2) is 48.0 Å². The van der Waals surface area contributed by atoms with Gasteiger partial charge in [-0.05, 0) is 36.2 Å². The molecule has 0 spiro atoms. The summed E-state index contributed by atoms with van der Waals surface area (Å²) in [5, 5.41) is 5.84. The normalized spacial score (nSPS) is 14.7. The highest BCUT2D eigenvalue weighted by Crippen LogP contribution is 2.23. The third kappa shape index (κ3) is 5.44. The number of amides is 1. The van der Waals surface area contributed by atoms with Crippen molar-refractivity contribution in [2.24, 2.45) is 0 Å². The van der Waals surface area contributed by atoms with Crippen LogP contribution in [0.2, 0.25) is 0 Å². The molecule has 0 aliphatic carbocycles. The number of aryl methyl sites for hydroxylation is 1. The summed E-state index contributed by atoms with van der Waals surface area (Å²) in [5.41, 5.74) is 4.81. The Morgan fingerprint density at radius 2 is 2.07 bits per heavy atom. The number of aromatic nitrogens is 2. The van der Waals surface area contributed by atoms with Crippen molar-refractivity contribution in [3.05, 3.63) is 64.8 Å². The number of hydrogen-bond acceptors (Lipinski definition) is 6. The van der Waals surface area contributed by atoms with Crippen LogP contribution in [0, 0.1) is 6.92 Å². The Morgan fingerprint density at radius 3 is 2.86 bits per heavy atom. The van der Waals surface area contributed by atoms with Gasteiger partial charge >= 0.3 is 0 Å². The lowest BCUT2D eigenvalue weighted by atomic mass is 10.1. The van der Waals surface area contributed by atoms with Gasteiger partial charge in [-0.15, -0.1) is 11.3 Å². The van der Waals surface area contributed by atoms with Crippen molar-refractivity contribution in [1.82, 2.24) is 14.9 Å². The van der Waals surface area contributed by atoms with Crippen LogP contribution in [-0.4, -0.2) is 45.4 Å². The second-order valence-corrected chi connectivity index (χ2v) is 9.20. The molecule has 4 rings (SSSR count). The molecular weight excluding hydrogens is 400 g/mol. The monoisotopic (exact) mass is 424 g/mol. The fraction of sp³-hybridized carbons (Fsp3) is 0.318. The summed E-state index contributed by atoms with van der Waals surface area (Å²) in [6, 6.07) is 12.1. The Hall–Kier alpha value is -2.22. The summed E-state index contributed by atoms with van der Waals surface area (Å²) < 4.78 is 0. The number of nitrogens with zero attached hydrogens (tertiary/aromatic N) is 3. The third-order valence-corrected chi connectivity index (χ3v) is 6.72. The highest BCUT2D eigenvalue weighted by molar-refractivity contribution is 7.99. The third-order valence-electron chi connectivity index (χ3n) is 4.86. The van der Waals surface area contributed by atoms with Gasteiger partial charge < -0.3 is 5.32 Å². The smallest absolute Gasteiger partial charge is 0.230 e. The highest BCUT2D eigenvalue weighted by atomic mass is 32.2. The summed E-state index contributed by atoms with van der Waals surface area (Å²) in [7, 11) is 0. The Labute approximate surface area is 179 Å². The number of thioether (sulfide) groups is 1. The average Bonchev–Trinajstić information content (AvgIpc) is 3.20. The van der Waals surface area contributed by atoms with E-state index in [0.29, 0.717) is 0 Å². The Balaban J connectivity index is 1.39. The van der Waals surface area contributed by atoms with E-state index in [0.717, 1.165) is 47.3 Å². The zero-order chi connectivity index (χ0) is 20.1. The summed E-state index contributed by atoms with van der Waals surface area (Å²) in [6.07, 6.45) is 2.01. The Morgan fingerprint density at radius 1 is 1.21 bits per heavy atom. The fourth-order valence-corrected chi connectivity index (χ4v) is 5.05. The molecule has 1 aromatic carbocycles. The van der Waals surface area contributed by atoms with Crippen molar-refractivity contribution < 1.29 is 4.79 Å². The van der Waals surface area contributed by atoms with E-state index in [1.54, 1.807) is 6.20 Å². The number of rotatable bonds is 6. The SMILES string of the molecule is Cc1ccc(CN2CCSCC2)cc1NC(=O)Cc1csc(-c2ccccn2)n1. The molecule has 150 valence electrons. The minimum Gasteiger partial charge on any atom is -0.325 e. The molecule has 0 unspecified atom stereocenters. The molecule has 3 heterocycles. The van der Waals surface area contributed by atoms with Gasteiger partial charge in [0.1, 0.15) is 5.01 Å². The van der Waals surface area contributed by atoms with Gasteiger partial charge in [0.25, 0.3) is 0 Å². The minimum atomic E-state index is -0.0440. The molecule has 29 heavy (non-hydrogen) atoms. The summed E-state index contributed by atoms with van der Waals surface area (Å²) in [4.78, 5) is 24.0. The van der Waals surface area contributed by atoms with Crippen molar-refractivity contribution in [3.8, 4) is 10.7 Å². The van der Waals surface area contributed by atoms with Crippen molar-refractivity contribution >= 4 is 34.7 Å². The second kappa shape index (κ2) is 9.52. The predicted octanol–water partition coefficient (Wildman–Crippen LogP) is 4.24. The maximum atomic E-state index is 12.6. The first-order valence-corrected chi connectivity index (χ1v) is 11.8. The van der Waals surface area contributed by atoms with Crippen LogP contribution in [0.1, 0.15) is 16.8 Å². The fourth-order valence-electron chi connectivity index (χ4n) is 3.27. The van der Waals surface area contributed by atoms with Crippen LogP contribution >= 0.6 is 23.1 Å². The molecule has 2 aromatic heterocycles. The minimum absolute atomic E-state index is 0.0440. The molecule has 3 aromatic rings. The van der Waals surface area contributed by atoms with Gasteiger partial charge in [0, 0.05) is 48.4 Å². The molecule has 1 saturated heterocycles. The summed E-state index contributed by atoms with van der Waals surface area (Å²) >= 11 is 3.53. The average molecular weight is 425 g/mol. The van der Waals surface area contributed by atoms with Crippen LogP contribution in [0.3, 0.4) is 0 Å². The summed E-state index contributed by atoms with van der Waals surface area (Å²) in [6.45, 7) is 5.22. The topological polar surface area (TPSA) is 58.1 Å². The molecular formula is C22H24N4OS2. The maximum Gasteiger partial charge on any atom is 0.230 e. The van der Waals surface area contributed by atoms with Crippen molar-refractivity contribution in [2.75, 3.05) is 29.9 Å². The van der Waals surface area contributed by atoms with E-state index in [2.05, 4.69) is 38.4 Å². The lowest BCUT2D eigenvalue weighted by molar-refractivity contribution is -0.115. The van der Waals surface area contributed by atoms with Crippen LogP contribution < -0.4 is 5.32 Å². The zero-order valence-electron chi connectivity index (χ0n) is 16.4. The molecule has 1 aliphatic heterocycles. The number of anilines is 1. The van der Waals surface area contributed by atoms with Gasteiger partial charge in [0.15, 0.2) is 0 Å². The predicted molar refractivity (Wildman–Crippen MR) is 121 cm³/mol. The Kier molecular flexibility index (Phi) is 6.59. The van der Waals surface area contributed by atoms with Gasteiger partial charge in [-0.3, -0.25) is 14.7 Å². The number of carbonyl (C=O) groups excluding carboxylic acids is 1. The van der Waals surface area contributed by atoms with E-state index in [4.69, 9.17) is 0 Å². The van der Waals surface area contributed by atoms with Crippen molar-refractivity contribution in [3.63, 3.8) is 0 Å². The number of hydrogen-bond donors (Lipinski definition) is 1. The molecule has 1 fully saturated rings. The number of benzene rings is 1. The number of carbonyl (C=O) groups is 1. The summed E-state index contributed by atoms with van der Waals surface area (Å²) in [5.74, 6) is 2.35. The first kappa shape index (κ1) is 20.1. The van der Waals surface area contributed by atoms with Gasteiger partial charge in [0.05, 0.1) is 17.8 Å². The van der Waals surface area contributed by atoms with E-state index >= 15 is 0 Å². The maximum absolute atomic E-state index is 12.6. The van der Waals surface area contributed by atoms with E-state index in [-0.39, 0.29) is 12.3 Å². The lowest BCUT2D eigenvalue weighted by Gasteiger charge is -2.26. The standard InChI is InChI=1S/C22H24N4OS2/c1-16-5-6-17(14-26-8-10-28-11-9-26)12-20(16)25-21(27)13-18-15-29-22(24-18)19-4-2-3-7-23-19/h2-7,12,15H,8-11,13-14H2,1H3,(H,25,27). The van der Waals surface area contributed by atoms with Gasteiger partial charge in [0.2, 0.25) is 5.91 Å². The largest absolute Gasteiger partial charge is 0.325 e. The molecule has 0 radical (unpaired) electrons. The Bertz CT molecular complexity index is 968. The molecule has 0 atom stereocenters. The number of pyridine rings is 1. The molecule has 5 nitrogen and oxygen atoms in total. The lowest BCUT2D eigenvalue weighted by Crippen LogP contribution is -2.32. The van der Waals surface area contributed by atoms with Crippen LogP contribution in [0.25, 0.3) is 10.7 Å². The van der Waals surface area contributed by atoms with E-state index in [9.17, 15) is 4.79 Å². The zero-order valence-corrected chi connectivity index (χ0v) is 18.1. The highest BCUT2D eigenvalue weighted by Gasteiger charge is 2.13.